The summed E-state index contributed by atoms with van der Waals surface area (Å²) in [6, 6.07) is 11.8. The van der Waals surface area contributed by atoms with Crippen molar-refractivity contribution in [3.8, 4) is 0 Å². The van der Waals surface area contributed by atoms with Crippen molar-refractivity contribution in [3.05, 3.63) is 64.9 Å². The molecule has 1 atom stereocenters. The van der Waals surface area contributed by atoms with Gasteiger partial charge in [-0.2, -0.15) is 5.10 Å². The van der Waals surface area contributed by atoms with Gasteiger partial charge in [-0.1, -0.05) is 29.8 Å². The molecule has 90 valence electrons. The highest BCUT2D eigenvalue weighted by atomic mass is 35.5. The molecule has 2 aromatic rings. The van der Waals surface area contributed by atoms with E-state index in [-0.39, 0.29) is 5.92 Å². The molecule has 0 fully saturated rings. The van der Waals surface area contributed by atoms with Crippen LogP contribution in [0.2, 0.25) is 5.02 Å². The van der Waals surface area contributed by atoms with Crippen LogP contribution in [-0.2, 0) is 0 Å². The van der Waals surface area contributed by atoms with Crippen LogP contribution in [0.5, 0.6) is 0 Å². The van der Waals surface area contributed by atoms with Gasteiger partial charge in [0.25, 0.3) is 0 Å². The fourth-order valence-electron chi connectivity index (χ4n) is 2.14. The molecule has 1 unspecified atom stereocenters. The lowest BCUT2D eigenvalue weighted by atomic mass is 9.92. The predicted octanol–water partition coefficient (Wildman–Crippen LogP) is 2.83. The molecule has 0 bridgehead atoms. The summed E-state index contributed by atoms with van der Waals surface area (Å²) in [6.45, 7) is 0.809. The van der Waals surface area contributed by atoms with Crippen molar-refractivity contribution in [2.24, 2.45) is 5.10 Å². The molecule has 0 saturated heterocycles. The smallest absolute Gasteiger partial charge is 0.0768 e. The van der Waals surface area contributed by atoms with Crippen molar-refractivity contribution < 1.29 is 0 Å². The van der Waals surface area contributed by atoms with E-state index in [0.717, 1.165) is 22.8 Å². The third-order valence-electron chi connectivity index (χ3n) is 3.05. The van der Waals surface area contributed by atoms with Crippen molar-refractivity contribution in [1.82, 2.24) is 10.4 Å². The molecule has 4 heteroatoms. The van der Waals surface area contributed by atoms with Crippen LogP contribution in [0.3, 0.4) is 0 Å². The summed E-state index contributed by atoms with van der Waals surface area (Å²) >= 11 is 5.91. The fourth-order valence-corrected chi connectivity index (χ4v) is 2.27. The minimum atomic E-state index is 0.250. The molecule has 3 rings (SSSR count). The maximum absolute atomic E-state index is 5.91. The van der Waals surface area contributed by atoms with Crippen molar-refractivity contribution in [3.63, 3.8) is 0 Å². The molecule has 0 saturated carbocycles. The van der Waals surface area contributed by atoms with E-state index in [1.54, 1.807) is 6.20 Å². The lowest BCUT2D eigenvalue weighted by molar-refractivity contribution is 0.761. The highest BCUT2D eigenvalue weighted by Crippen LogP contribution is 2.24. The van der Waals surface area contributed by atoms with E-state index in [2.05, 4.69) is 21.6 Å². The first kappa shape index (κ1) is 11.2. The summed E-state index contributed by atoms with van der Waals surface area (Å²) < 4.78 is 0. The van der Waals surface area contributed by atoms with E-state index in [0.29, 0.717) is 0 Å². The molecule has 1 aromatic carbocycles. The summed E-state index contributed by atoms with van der Waals surface area (Å²) in [5.41, 5.74) is 6.38. The van der Waals surface area contributed by atoms with Crippen molar-refractivity contribution in [1.29, 1.82) is 0 Å². The van der Waals surface area contributed by atoms with E-state index in [1.807, 2.05) is 36.5 Å². The quantitative estimate of drug-likeness (QED) is 0.898. The van der Waals surface area contributed by atoms with Crippen molar-refractivity contribution in [2.75, 3.05) is 6.54 Å². The Morgan fingerprint density at radius 1 is 1.17 bits per heavy atom. The summed E-state index contributed by atoms with van der Waals surface area (Å²) in [7, 11) is 0. The molecular formula is C14H12ClN3. The summed E-state index contributed by atoms with van der Waals surface area (Å²) in [4.78, 5) is 4.17. The van der Waals surface area contributed by atoms with Gasteiger partial charge in [0.1, 0.15) is 0 Å². The Labute approximate surface area is 111 Å². The van der Waals surface area contributed by atoms with Gasteiger partial charge < -0.3 is 5.43 Å². The number of nitrogens with one attached hydrogen (secondary N) is 1. The lowest BCUT2D eigenvalue weighted by Gasteiger charge is -2.11. The van der Waals surface area contributed by atoms with E-state index >= 15 is 0 Å². The Morgan fingerprint density at radius 2 is 2.00 bits per heavy atom. The number of rotatable bonds is 2. The zero-order valence-electron chi connectivity index (χ0n) is 9.68. The summed E-state index contributed by atoms with van der Waals surface area (Å²) in [5.74, 6) is 0.250. The summed E-state index contributed by atoms with van der Waals surface area (Å²) in [6.07, 6.45) is 3.67. The molecule has 0 spiro atoms. The number of hydrogen-bond acceptors (Lipinski definition) is 3. The standard InChI is InChI=1S/C14H12ClN3/c15-12-5-3-10(4-6-12)14-13(9-17-18-14)11-2-1-7-16-8-11/h1-8,13,17H,9H2. The van der Waals surface area contributed by atoms with Gasteiger partial charge in [0, 0.05) is 29.9 Å². The fraction of sp³-hybridized carbons (Fsp3) is 0.143. The van der Waals surface area contributed by atoms with Crippen LogP contribution >= 0.6 is 11.6 Å². The van der Waals surface area contributed by atoms with Crippen LogP contribution in [0.25, 0.3) is 0 Å². The molecule has 0 radical (unpaired) electrons. The second kappa shape index (κ2) is 4.78. The Balaban J connectivity index is 1.94. The van der Waals surface area contributed by atoms with Crippen LogP contribution in [0, 0.1) is 0 Å². The highest BCUT2D eigenvalue weighted by molar-refractivity contribution is 6.30. The zero-order chi connectivity index (χ0) is 12.4. The van der Waals surface area contributed by atoms with Gasteiger partial charge in [-0.25, -0.2) is 0 Å². The lowest BCUT2D eigenvalue weighted by Crippen LogP contribution is -2.14. The van der Waals surface area contributed by atoms with Crippen LogP contribution in [0.15, 0.2) is 53.9 Å². The van der Waals surface area contributed by atoms with Crippen LogP contribution in [0.4, 0.5) is 0 Å². The Kier molecular flexibility index (Phi) is 2.99. The topological polar surface area (TPSA) is 37.3 Å². The van der Waals surface area contributed by atoms with Crippen molar-refractivity contribution in [2.45, 2.75) is 5.92 Å². The van der Waals surface area contributed by atoms with E-state index in [4.69, 9.17) is 11.6 Å². The molecule has 3 nitrogen and oxygen atoms in total. The molecule has 2 heterocycles. The zero-order valence-corrected chi connectivity index (χ0v) is 10.4. The number of hydrazone groups is 1. The minimum absolute atomic E-state index is 0.250. The van der Waals surface area contributed by atoms with Crippen LogP contribution in [0.1, 0.15) is 17.0 Å². The maximum Gasteiger partial charge on any atom is 0.0768 e. The van der Waals surface area contributed by atoms with Gasteiger partial charge in [-0.05, 0) is 29.3 Å². The van der Waals surface area contributed by atoms with E-state index in [9.17, 15) is 0 Å². The number of hydrogen-bond donors (Lipinski definition) is 1. The second-order valence-corrected chi connectivity index (χ2v) is 4.64. The Hall–Kier alpha value is -1.87. The average Bonchev–Trinajstić information content (AvgIpc) is 2.90. The molecular weight excluding hydrogens is 246 g/mol. The normalized spacial score (nSPS) is 18.3. The first-order valence-corrected chi connectivity index (χ1v) is 6.19. The largest absolute Gasteiger partial charge is 0.309 e. The molecule has 18 heavy (non-hydrogen) atoms. The van der Waals surface area contributed by atoms with Gasteiger partial charge >= 0.3 is 0 Å². The first-order chi connectivity index (χ1) is 8.84. The molecule has 0 amide bonds. The third-order valence-corrected chi connectivity index (χ3v) is 3.30. The summed E-state index contributed by atoms with van der Waals surface area (Å²) in [5, 5.41) is 5.13. The SMILES string of the molecule is Clc1ccc(C2=NNCC2c2cccnc2)cc1. The molecule has 0 aliphatic carbocycles. The Morgan fingerprint density at radius 3 is 2.72 bits per heavy atom. The number of pyridine rings is 1. The van der Waals surface area contributed by atoms with E-state index < -0.39 is 0 Å². The highest BCUT2D eigenvalue weighted by Gasteiger charge is 2.24. The van der Waals surface area contributed by atoms with Gasteiger partial charge in [0.15, 0.2) is 0 Å². The second-order valence-electron chi connectivity index (χ2n) is 4.21. The molecule has 1 N–H and O–H groups in total. The monoisotopic (exact) mass is 257 g/mol. The van der Waals surface area contributed by atoms with Gasteiger partial charge in [0.2, 0.25) is 0 Å². The third kappa shape index (κ3) is 2.09. The van der Waals surface area contributed by atoms with E-state index in [1.165, 1.54) is 5.56 Å². The predicted molar refractivity (Wildman–Crippen MR) is 73.0 cm³/mol. The van der Waals surface area contributed by atoms with Crippen molar-refractivity contribution >= 4 is 17.3 Å². The van der Waals surface area contributed by atoms with Crippen LogP contribution in [-0.4, -0.2) is 17.2 Å². The molecule has 1 aliphatic rings. The average molecular weight is 258 g/mol. The number of nitrogens with zero attached hydrogens (tertiary/aromatic N) is 2. The minimum Gasteiger partial charge on any atom is -0.309 e. The van der Waals surface area contributed by atoms with Crippen LogP contribution < -0.4 is 5.43 Å². The number of halogens is 1. The van der Waals surface area contributed by atoms with Gasteiger partial charge in [-0.15, -0.1) is 0 Å². The Bertz CT molecular complexity index is 563. The van der Waals surface area contributed by atoms with Gasteiger partial charge in [0.05, 0.1) is 5.71 Å². The van der Waals surface area contributed by atoms with Gasteiger partial charge in [-0.3, -0.25) is 4.98 Å². The maximum atomic E-state index is 5.91. The number of aromatic nitrogens is 1. The molecule has 1 aromatic heterocycles. The first-order valence-electron chi connectivity index (χ1n) is 5.81. The molecule has 1 aliphatic heterocycles. The number of benzene rings is 1.